The highest BCUT2D eigenvalue weighted by Gasteiger charge is 2.03. The van der Waals surface area contributed by atoms with Gasteiger partial charge in [0.05, 0.1) is 6.20 Å². The summed E-state index contributed by atoms with van der Waals surface area (Å²) in [5.74, 6) is 3.23. The standard InChI is InChI=1S/C17H15NO2/c1-13-12-18-17(19-13)11-14-7-9-16(10-8-14)20-15-5-3-2-4-6-15/h2-10,12H,11H2,1H3. The van der Waals surface area contributed by atoms with Gasteiger partial charge in [0.1, 0.15) is 17.3 Å². The Kier molecular flexibility index (Phi) is 3.50. The van der Waals surface area contributed by atoms with Gasteiger partial charge in [0.2, 0.25) is 0 Å². The van der Waals surface area contributed by atoms with E-state index < -0.39 is 0 Å². The zero-order chi connectivity index (χ0) is 13.8. The summed E-state index contributed by atoms with van der Waals surface area (Å²) in [6.07, 6.45) is 2.43. The summed E-state index contributed by atoms with van der Waals surface area (Å²) in [7, 11) is 0. The summed E-state index contributed by atoms with van der Waals surface area (Å²) < 4.78 is 11.2. The van der Waals surface area contributed by atoms with Crippen molar-refractivity contribution in [3.63, 3.8) is 0 Å². The lowest BCUT2D eigenvalue weighted by Gasteiger charge is -2.06. The minimum atomic E-state index is 0.694. The topological polar surface area (TPSA) is 35.3 Å². The number of rotatable bonds is 4. The maximum Gasteiger partial charge on any atom is 0.198 e. The van der Waals surface area contributed by atoms with E-state index in [9.17, 15) is 0 Å². The normalized spacial score (nSPS) is 10.4. The van der Waals surface area contributed by atoms with Crippen molar-refractivity contribution in [2.45, 2.75) is 13.3 Å². The maximum atomic E-state index is 5.75. The van der Waals surface area contributed by atoms with Gasteiger partial charge < -0.3 is 9.15 Å². The predicted octanol–water partition coefficient (Wildman–Crippen LogP) is 4.37. The molecule has 0 bridgehead atoms. The SMILES string of the molecule is Cc1cnc(Cc2ccc(Oc3ccccc3)cc2)o1. The van der Waals surface area contributed by atoms with Gasteiger partial charge in [-0.25, -0.2) is 4.98 Å². The van der Waals surface area contributed by atoms with Crippen LogP contribution in [0.1, 0.15) is 17.2 Å². The Morgan fingerprint density at radius 1 is 0.950 bits per heavy atom. The molecule has 0 unspecified atom stereocenters. The van der Waals surface area contributed by atoms with Crippen LogP contribution in [0.3, 0.4) is 0 Å². The van der Waals surface area contributed by atoms with E-state index in [1.54, 1.807) is 6.20 Å². The van der Waals surface area contributed by atoms with Gasteiger partial charge in [-0.1, -0.05) is 30.3 Å². The summed E-state index contributed by atoms with van der Waals surface area (Å²) >= 11 is 0. The van der Waals surface area contributed by atoms with Crippen molar-refractivity contribution in [3.05, 3.63) is 78.0 Å². The molecule has 0 spiro atoms. The second-order valence-electron chi connectivity index (χ2n) is 4.60. The first-order valence-electron chi connectivity index (χ1n) is 6.53. The fraction of sp³-hybridized carbons (Fsp3) is 0.118. The monoisotopic (exact) mass is 265 g/mol. The van der Waals surface area contributed by atoms with E-state index in [1.165, 1.54) is 0 Å². The number of aromatic nitrogens is 1. The Bertz CT molecular complexity index is 672. The molecule has 0 atom stereocenters. The molecule has 0 radical (unpaired) electrons. The Hall–Kier alpha value is -2.55. The van der Waals surface area contributed by atoms with Crippen LogP contribution in [0.2, 0.25) is 0 Å². The lowest BCUT2D eigenvalue weighted by molar-refractivity contribution is 0.478. The number of benzene rings is 2. The van der Waals surface area contributed by atoms with Crippen molar-refractivity contribution < 1.29 is 9.15 Å². The van der Waals surface area contributed by atoms with Gasteiger partial charge in [0.25, 0.3) is 0 Å². The van der Waals surface area contributed by atoms with Crippen LogP contribution in [-0.4, -0.2) is 4.98 Å². The smallest absolute Gasteiger partial charge is 0.198 e. The van der Waals surface area contributed by atoms with E-state index in [2.05, 4.69) is 4.98 Å². The van der Waals surface area contributed by atoms with Gasteiger partial charge in [-0.3, -0.25) is 0 Å². The van der Waals surface area contributed by atoms with E-state index >= 15 is 0 Å². The fourth-order valence-electron chi connectivity index (χ4n) is 1.96. The fourth-order valence-corrected chi connectivity index (χ4v) is 1.96. The summed E-state index contributed by atoms with van der Waals surface area (Å²) in [6.45, 7) is 1.90. The Balaban J connectivity index is 1.68. The van der Waals surface area contributed by atoms with Crippen LogP contribution in [-0.2, 0) is 6.42 Å². The second-order valence-corrected chi connectivity index (χ2v) is 4.60. The molecule has 0 amide bonds. The molecule has 20 heavy (non-hydrogen) atoms. The first kappa shape index (κ1) is 12.5. The molecule has 0 fully saturated rings. The van der Waals surface area contributed by atoms with E-state index in [0.29, 0.717) is 6.42 Å². The van der Waals surface area contributed by atoms with Crippen LogP contribution in [0.5, 0.6) is 11.5 Å². The number of hydrogen-bond donors (Lipinski definition) is 0. The molecule has 0 aliphatic heterocycles. The molecule has 0 saturated heterocycles. The molecule has 0 N–H and O–H groups in total. The highest BCUT2D eigenvalue weighted by atomic mass is 16.5. The molecular formula is C17H15NO2. The van der Waals surface area contributed by atoms with E-state index in [1.807, 2.05) is 61.5 Å². The predicted molar refractivity (Wildman–Crippen MR) is 77.0 cm³/mol. The highest BCUT2D eigenvalue weighted by molar-refractivity contribution is 5.33. The zero-order valence-electron chi connectivity index (χ0n) is 11.2. The third-order valence-corrected chi connectivity index (χ3v) is 2.93. The minimum Gasteiger partial charge on any atom is -0.457 e. The first-order chi connectivity index (χ1) is 9.79. The average Bonchev–Trinajstić information content (AvgIpc) is 2.88. The highest BCUT2D eigenvalue weighted by Crippen LogP contribution is 2.21. The molecule has 0 saturated carbocycles. The quantitative estimate of drug-likeness (QED) is 0.702. The van der Waals surface area contributed by atoms with Crippen LogP contribution < -0.4 is 4.74 Å². The van der Waals surface area contributed by atoms with Crippen molar-refractivity contribution in [1.82, 2.24) is 4.98 Å². The third-order valence-electron chi connectivity index (χ3n) is 2.93. The van der Waals surface area contributed by atoms with Gasteiger partial charge in [-0.05, 0) is 36.8 Å². The lowest BCUT2D eigenvalue weighted by Crippen LogP contribution is -1.89. The Morgan fingerprint density at radius 3 is 2.30 bits per heavy atom. The Morgan fingerprint density at radius 2 is 1.65 bits per heavy atom. The largest absolute Gasteiger partial charge is 0.457 e. The molecule has 2 aromatic carbocycles. The van der Waals surface area contributed by atoms with Gasteiger partial charge in [-0.2, -0.15) is 0 Å². The average molecular weight is 265 g/mol. The molecule has 1 aromatic heterocycles. The molecule has 3 heteroatoms. The molecule has 0 aliphatic carbocycles. The second kappa shape index (κ2) is 5.61. The van der Waals surface area contributed by atoms with Crippen LogP contribution in [0.15, 0.2) is 65.2 Å². The number of oxazole rings is 1. The minimum absolute atomic E-state index is 0.694. The van der Waals surface area contributed by atoms with E-state index in [-0.39, 0.29) is 0 Å². The number of aryl methyl sites for hydroxylation is 1. The van der Waals surface area contributed by atoms with Crippen LogP contribution in [0, 0.1) is 6.92 Å². The van der Waals surface area contributed by atoms with E-state index in [0.717, 1.165) is 28.7 Å². The van der Waals surface area contributed by atoms with Crippen molar-refractivity contribution in [2.75, 3.05) is 0 Å². The van der Waals surface area contributed by atoms with Crippen LogP contribution >= 0.6 is 0 Å². The summed E-state index contributed by atoms with van der Waals surface area (Å²) in [5, 5.41) is 0. The molecule has 3 aromatic rings. The third kappa shape index (κ3) is 3.06. The Labute approximate surface area is 117 Å². The van der Waals surface area contributed by atoms with Crippen molar-refractivity contribution in [1.29, 1.82) is 0 Å². The number of nitrogens with zero attached hydrogens (tertiary/aromatic N) is 1. The number of hydrogen-bond acceptors (Lipinski definition) is 3. The summed E-state index contributed by atoms with van der Waals surface area (Å²) in [6, 6.07) is 17.7. The zero-order valence-corrected chi connectivity index (χ0v) is 11.2. The summed E-state index contributed by atoms with van der Waals surface area (Å²) in [5.41, 5.74) is 1.15. The molecule has 3 rings (SSSR count). The lowest BCUT2D eigenvalue weighted by atomic mass is 10.1. The number of ether oxygens (including phenoxy) is 1. The molecular weight excluding hydrogens is 250 g/mol. The van der Waals surface area contributed by atoms with Crippen molar-refractivity contribution in [3.8, 4) is 11.5 Å². The number of para-hydroxylation sites is 1. The van der Waals surface area contributed by atoms with Gasteiger partial charge in [0.15, 0.2) is 5.89 Å². The molecule has 0 aliphatic rings. The van der Waals surface area contributed by atoms with Gasteiger partial charge in [0, 0.05) is 6.42 Å². The van der Waals surface area contributed by atoms with Crippen molar-refractivity contribution in [2.24, 2.45) is 0 Å². The van der Waals surface area contributed by atoms with E-state index in [4.69, 9.17) is 9.15 Å². The van der Waals surface area contributed by atoms with Gasteiger partial charge >= 0.3 is 0 Å². The summed E-state index contributed by atoms with van der Waals surface area (Å²) in [4.78, 5) is 4.20. The van der Waals surface area contributed by atoms with Crippen molar-refractivity contribution >= 4 is 0 Å². The maximum absolute atomic E-state index is 5.75. The van der Waals surface area contributed by atoms with Crippen LogP contribution in [0.4, 0.5) is 0 Å². The molecule has 1 heterocycles. The first-order valence-corrected chi connectivity index (χ1v) is 6.53. The van der Waals surface area contributed by atoms with Crippen LogP contribution in [0.25, 0.3) is 0 Å². The van der Waals surface area contributed by atoms with Gasteiger partial charge in [-0.15, -0.1) is 0 Å². The molecule has 100 valence electrons. The molecule has 3 nitrogen and oxygen atoms in total.